The van der Waals surface area contributed by atoms with Crippen LogP contribution in [-0.2, 0) is 11.0 Å². The number of halogens is 3. The van der Waals surface area contributed by atoms with Gasteiger partial charge in [0.1, 0.15) is 5.78 Å². The van der Waals surface area contributed by atoms with Gasteiger partial charge in [-0.15, -0.1) is 11.8 Å². The molecule has 0 unspecified atom stereocenters. The molecule has 1 rings (SSSR count). The number of ketones is 1. The lowest BCUT2D eigenvalue weighted by atomic mass is 10.2. The van der Waals surface area contributed by atoms with E-state index in [0.717, 1.165) is 35.6 Å². The van der Waals surface area contributed by atoms with E-state index in [4.69, 9.17) is 0 Å². The van der Waals surface area contributed by atoms with Crippen LogP contribution in [-0.4, -0.2) is 11.5 Å². The van der Waals surface area contributed by atoms with Crippen LogP contribution in [0, 0.1) is 0 Å². The van der Waals surface area contributed by atoms with Gasteiger partial charge in [-0.25, -0.2) is 0 Å². The van der Waals surface area contributed by atoms with E-state index in [9.17, 15) is 18.0 Å². The Bertz CT molecular complexity index is 384. The second-order valence-corrected chi connectivity index (χ2v) is 5.20. The van der Waals surface area contributed by atoms with Crippen LogP contribution in [0.15, 0.2) is 29.2 Å². The molecule has 0 bridgehead atoms. The SMILES string of the molecule is CC(=O)CCCCSc1ccc(C(F)(F)F)cc1. The van der Waals surface area contributed by atoms with Gasteiger partial charge < -0.3 is 4.79 Å². The predicted molar refractivity (Wildman–Crippen MR) is 66.7 cm³/mol. The van der Waals surface area contributed by atoms with E-state index in [1.54, 1.807) is 6.92 Å². The van der Waals surface area contributed by atoms with Gasteiger partial charge in [0.05, 0.1) is 5.56 Å². The van der Waals surface area contributed by atoms with Crippen molar-refractivity contribution >= 4 is 17.5 Å². The molecule has 0 radical (unpaired) electrons. The van der Waals surface area contributed by atoms with Crippen LogP contribution in [0.1, 0.15) is 31.7 Å². The molecular formula is C13H15F3OS. The van der Waals surface area contributed by atoms with Crippen molar-refractivity contribution in [1.82, 2.24) is 0 Å². The maximum atomic E-state index is 12.3. The predicted octanol–water partition coefficient (Wildman–Crippen LogP) is 4.56. The summed E-state index contributed by atoms with van der Waals surface area (Å²) in [5, 5.41) is 0. The zero-order valence-electron chi connectivity index (χ0n) is 10.1. The summed E-state index contributed by atoms with van der Waals surface area (Å²) in [5.74, 6) is 0.994. The molecule has 1 aromatic carbocycles. The van der Waals surface area contributed by atoms with Crippen LogP contribution in [0.4, 0.5) is 13.2 Å². The van der Waals surface area contributed by atoms with Crippen LogP contribution < -0.4 is 0 Å². The molecule has 0 fully saturated rings. The van der Waals surface area contributed by atoms with Crippen LogP contribution >= 0.6 is 11.8 Å². The quantitative estimate of drug-likeness (QED) is 0.560. The Morgan fingerprint density at radius 3 is 2.28 bits per heavy atom. The summed E-state index contributed by atoms with van der Waals surface area (Å²) in [6.07, 6.45) is -1.97. The van der Waals surface area contributed by atoms with Crippen molar-refractivity contribution in [3.63, 3.8) is 0 Å². The molecule has 0 saturated carbocycles. The summed E-state index contributed by atoms with van der Waals surface area (Å²) in [6, 6.07) is 5.16. The fraction of sp³-hybridized carbons (Fsp3) is 0.462. The van der Waals surface area contributed by atoms with E-state index in [-0.39, 0.29) is 5.78 Å². The Labute approximate surface area is 109 Å². The second kappa shape index (κ2) is 6.83. The van der Waals surface area contributed by atoms with Crippen LogP contribution in [0.3, 0.4) is 0 Å². The number of hydrogen-bond donors (Lipinski definition) is 0. The molecule has 0 aromatic heterocycles. The zero-order chi connectivity index (χ0) is 13.6. The van der Waals surface area contributed by atoms with Crippen LogP contribution in [0.5, 0.6) is 0 Å². The van der Waals surface area contributed by atoms with E-state index in [0.29, 0.717) is 6.42 Å². The van der Waals surface area contributed by atoms with Crippen LogP contribution in [0.2, 0.25) is 0 Å². The lowest BCUT2D eigenvalue weighted by molar-refractivity contribution is -0.137. The molecule has 0 aliphatic heterocycles. The molecule has 0 heterocycles. The number of rotatable bonds is 6. The Morgan fingerprint density at radius 1 is 1.17 bits per heavy atom. The van der Waals surface area contributed by atoms with Crippen LogP contribution in [0.25, 0.3) is 0 Å². The molecule has 100 valence electrons. The van der Waals surface area contributed by atoms with Crippen molar-refractivity contribution in [3.8, 4) is 0 Å². The van der Waals surface area contributed by atoms with Crippen molar-refractivity contribution in [2.45, 2.75) is 37.3 Å². The Kier molecular flexibility index (Phi) is 5.72. The summed E-state index contributed by atoms with van der Waals surface area (Å²) in [7, 11) is 0. The fourth-order valence-electron chi connectivity index (χ4n) is 1.41. The summed E-state index contributed by atoms with van der Waals surface area (Å²) in [6.45, 7) is 1.56. The fourth-order valence-corrected chi connectivity index (χ4v) is 2.32. The first-order valence-corrected chi connectivity index (χ1v) is 6.67. The van der Waals surface area contributed by atoms with Crippen molar-refractivity contribution in [3.05, 3.63) is 29.8 Å². The van der Waals surface area contributed by atoms with E-state index in [1.807, 2.05) is 0 Å². The number of thioether (sulfide) groups is 1. The largest absolute Gasteiger partial charge is 0.416 e. The Balaban J connectivity index is 2.33. The third-order valence-electron chi connectivity index (χ3n) is 2.37. The second-order valence-electron chi connectivity index (χ2n) is 4.03. The monoisotopic (exact) mass is 276 g/mol. The first-order chi connectivity index (χ1) is 8.39. The van der Waals surface area contributed by atoms with Gasteiger partial charge in [0.15, 0.2) is 0 Å². The minimum atomic E-state index is -4.27. The van der Waals surface area contributed by atoms with Crippen molar-refractivity contribution in [1.29, 1.82) is 0 Å². The topological polar surface area (TPSA) is 17.1 Å². The highest BCUT2D eigenvalue weighted by Gasteiger charge is 2.29. The molecule has 1 aromatic rings. The number of unbranched alkanes of at least 4 members (excludes halogenated alkanes) is 1. The smallest absolute Gasteiger partial charge is 0.300 e. The maximum absolute atomic E-state index is 12.3. The highest BCUT2D eigenvalue weighted by molar-refractivity contribution is 7.99. The number of hydrogen-bond acceptors (Lipinski definition) is 2. The average Bonchev–Trinajstić information content (AvgIpc) is 2.27. The number of carbonyl (C=O) groups is 1. The normalized spacial score (nSPS) is 11.6. The van der Waals surface area contributed by atoms with Gasteiger partial charge in [-0.05, 0) is 49.8 Å². The lowest BCUT2D eigenvalue weighted by Crippen LogP contribution is -2.03. The highest BCUT2D eigenvalue weighted by Crippen LogP contribution is 2.30. The summed E-state index contributed by atoms with van der Waals surface area (Å²) >= 11 is 1.51. The van der Waals surface area contributed by atoms with E-state index in [1.165, 1.54) is 23.9 Å². The molecule has 0 aliphatic carbocycles. The number of alkyl halides is 3. The number of benzene rings is 1. The van der Waals surface area contributed by atoms with E-state index in [2.05, 4.69) is 0 Å². The minimum absolute atomic E-state index is 0.175. The first-order valence-electron chi connectivity index (χ1n) is 5.69. The van der Waals surface area contributed by atoms with Gasteiger partial charge in [0.25, 0.3) is 0 Å². The van der Waals surface area contributed by atoms with Gasteiger partial charge in [-0.2, -0.15) is 13.2 Å². The maximum Gasteiger partial charge on any atom is 0.416 e. The molecule has 0 saturated heterocycles. The van der Waals surface area contributed by atoms with Gasteiger partial charge >= 0.3 is 6.18 Å². The third-order valence-corrected chi connectivity index (χ3v) is 3.47. The van der Waals surface area contributed by atoms with Gasteiger partial charge in [0.2, 0.25) is 0 Å². The van der Waals surface area contributed by atoms with E-state index < -0.39 is 11.7 Å². The summed E-state index contributed by atoms with van der Waals surface area (Å²) in [5.41, 5.74) is -0.622. The molecule has 0 spiro atoms. The number of Topliss-reactive ketones (excluding diaryl/α,β-unsaturated/α-hetero) is 1. The van der Waals surface area contributed by atoms with Gasteiger partial charge in [0, 0.05) is 11.3 Å². The average molecular weight is 276 g/mol. The zero-order valence-corrected chi connectivity index (χ0v) is 10.9. The van der Waals surface area contributed by atoms with Gasteiger partial charge in [-0.1, -0.05) is 0 Å². The van der Waals surface area contributed by atoms with Crippen molar-refractivity contribution in [2.24, 2.45) is 0 Å². The molecular weight excluding hydrogens is 261 g/mol. The summed E-state index contributed by atoms with van der Waals surface area (Å²) < 4.78 is 36.9. The molecule has 5 heteroatoms. The highest BCUT2D eigenvalue weighted by atomic mass is 32.2. The number of carbonyl (C=O) groups excluding carboxylic acids is 1. The minimum Gasteiger partial charge on any atom is -0.300 e. The standard InChI is InChI=1S/C13H15F3OS/c1-10(17)4-2-3-9-18-12-7-5-11(6-8-12)13(14,15)16/h5-8H,2-4,9H2,1H3. The molecule has 0 atom stereocenters. The third kappa shape index (κ3) is 5.58. The van der Waals surface area contributed by atoms with Crippen molar-refractivity contribution < 1.29 is 18.0 Å². The molecule has 18 heavy (non-hydrogen) atoms. The molecule has 1 nitrogen and oxygen atoms in total. The van der Waals surface area contributed by atoms with E-state index >= 15 is 0 Å². The lowest BCUT2D eigenvalue weighted by Gasteiger charge is -2.07. The molecule has 0 amide bonds. The summed E-state index contributed by atoms with van der Waals surface area (Å²) in [4.78, 5) is 11.5. The molecule has 0 aliphatic rings. The van der Waals surface area contributed by atoms with Crippen molar-refractivity contribution in [2.75, 3.05) is 5.75 Å². The Morgan fingerprint density at radius 2 is 1.78 bits per heavy atom. The Hall–Kier alpha value is -0.970. The molecule has 0 N–H and O–H groups in total. The van der Waals surface area contributed by atoms with Gasteiger partial charge in [-0.3, -0.25) is 0 Å². The first kappa shape index (κ1) is 15.1.